The Labute approximate surface area is 101 Å². The van der Waals surface area contributed by atoms with E-state index in [1.54, 1.807) is 6.33 Å². The normalized spacial score (nSPS) is 24.0. The van der Waals surface area contributed by atoms with Crippen LogP contribution in [0.15, 0.2) is 12.5 Å². The first-order valence-electron chi connectivity index (χ1n) is 5.34. The van der Waals surface area contributed by atoms with Gasteiger partial charge in [-0.2, -0.15) is 0 Å². The first kappa shape index (κ1) is 13.0. The molecule has 0 aromatic carbocycles. The summed E-state index contributed by atoms with van der Waals surface area (Å²) in [5.41, 5.74) is 1.16. The van der Waals surface area contributed by atoms with Crippen molar-refractivity contribution in [1.82, 2.24) is 9.55 Å². The van der Waals surface area contributed by atoms with Gasteiger partial charge in [-0.25, -0.2) is 4.98 Å². The lowest BCUT2D eigenvalue weighted by atomic mass is 9.89. The molecule has 1 saturated heterocycles. The standard InChI is InChI=1S/C11H16N2O2.ClH/c1-3-10-8(6-15-11(10)14)4-9-5-12-7-13(9)2;/h5,7-8,10H,3-4,6H2,1-2H3;1H/t8-,10+;/m1./s1. The third-order valence-electron chi connectivity index (χ3n) is 3.14. The molecule has 1 aromatic rings. The minimum Gasteiger partial charge on any atom is -0.465 e. The summed E-state index contributed by atoms with van der Waals surface area (Å²) in [7, 11) is 1.97. The summed E-state index contributed by atoms with van der Waals surface area (Å²) >= 11 is 0. The predicted octanol–water partition coefficient (Wildman–Crippen LogP) is 1.58. The number of esters is 1. The maximum Gasteiger partial charge on any atom is 0.309 e. The van der Waals surface area contributed by atoms with Crippen LogP contribution >= 0.6 is 12.4 Å². The van der Waals surface area contributed by atoms with Crippen LogP contribution in [0.3, 0.4) is 0 Å². The van der Waals surface area contributed by atoms with Crippen LogP contribution in [0.2, 0.25) is 0 Å². The summed E-state index contributed by atoms with van der Waals surface area (Å²) in [6.45, 7) is 2.59. The van der Waals surface area contributed by atoms with E-state index in [2.05, 4.69) is 4.98 Å². The third kappa shape index (κ3) is 2.38. The van der Waals surface area contributed by atoms with E-state index in [0.29, 0.717) is 12.5 Å². The predicted molar refractivity (Wildman–Crippen MR) is 62.4 cm³/mol. The SMILES string of the molecule is CC[C@@H]1C(=O)OC[C@H]1Cc1cncn1C.Cl. The molecule has 4 nitrogen and oxygen atoms in total. The van der Waals surface area contributed by atoms with Gasteiger partial charge in [-0.15, -0.1) is 12.4 Å². The molecule has 0 amide bonds. The van der Waals surface area contributed by atoms with Crippen LogP contribution in [0.5, 0.6) is 0 Å². The molecule has 2 atom stereocenters. The highest BCUT2D eigenvalue weighted by Gasteiger charge is 2.35. The summed E-state index contributed by atoms with van der Waals surface area (Å²) < 4.78 is 7.08. The van der Waals surface area contributed by atoms with Crippen LogP contribution in [0.25, 0.3) is 0 Å². The second-order valence-corrected chi connectivity index (χ2v) is 4.10. The fourth-order valence-corrected chi connectivity index (χ4v) is 2.16. The molecule has 0 spiro atoms. The highest BCUT2D eigenvalue weighted by atomic mass is 35.5. The van der Waals surface area contributed by atoms with Crippen LogP contribution in [0.1, 0.15) is 19.0 Å². The van der Waals surface area contributed by atoms with Crippen molar-refractivity contribution < 1.29 is 9.53 Å². The molecule has 2 rings (SSSR count). The van der Waals surface area contributed by atoms with Crippen molar-refractivity contribution >= 4 is 18.4 Å². The third-order valence-corrected chi connectivity index (χ3v) is 3.14. The highest BCUT2D eigenvalue weighted by Crippen LogP contribution is 2.27. The van der Waals surface area contributed by atoms with E-state index in [9.17, 15) is 4.79 Å². The summed E-state index contributed by atoms with van der Waals surface area (Å²) in [6, 6.07) is 0. The Morgan fingerprint density at radius 3 is 2.94 bits per heavy atom. The van der Waals surface area contributed by atoms with Crippen LogP contribution in [0, 0.1) is 11.8 Å². The number of carbonyl (C=O) groups is 1. The zero-order valence-corrected chi connectivity index (χ0v) is 10.4. The van der Waals surface area contributed by atoms with Crippen molar-refractivity contribution in [1.29, 1.82) is 0 Å². The van der Waals surface area contributed by atoms with Gasteiger partial charge in [0, 0.05) is 24.9 Å². The van der Waals surface area contributed by atoms with Gasteiger partial charge in [0.25, 0.3) is 0 Å². The fraction of sp³-hybridized carbons (Fsp3) is 0.636. The molecule has 1 fully saturated rings. The molecular formula is C11H17ClN2O2. The largest absolute Gasteiger partial charge is 0.465 e. The highest BCUT2D eigenvalue weighted by molar-refractivity contribution is 5.85. The molecule has 90 valence electrons. The average Bonchev–Trinajstić information content (AvgIpc) is 2.76. The molecule has 0 unspecified atom stereocenters. The van der Waals surface area contributed by atoms with Gasteiger partial charge < -0.3 is 9.30 Å². The van der Waals surface area contributed by atoms with Gasteiger partial charge in [0.05, 0.1) is 18.9 Å². The number of ether oxygens (including phenoxy) is 1. The van der Waals surface area contributed by atoms with Crippen molar-refractivity contribution in [2.24, 2.45) is 18.9 Å². The molecule has 0 radical (unpaired) electrons. The molecule has 0 bridgehead atoms. The Balaban J connectivity index is 0.00000128. The Bertz CT molecular complexity index is 365. The van der Waals surface area contributed by atoms with Gasteiger partial charge in [0.15, 0.2) is 0 Å². The van der Waals surface area contributed by atoms with Crippen molar-refractivity contribution in [3.63, 3.8) is 0 Å². The summed E-state index contributed by atoms with van der Waals surface area (Å²) in [6.07, 6.45) is 5.38. The Kier molecular flexibility index (Phi) is 4.35. The van der Waals surface area contributed by atoms with E-state index < -0.39 is 0 Å². The van der Waals surface area contributed by atoms with Gasteiger partial charge in [0.2, 0.25) is 0 Å². The zero-order chi connectivity index (χ0) is 10.8. The molecule has 1 aliphatic heterocycles. The molecule has 16 heavy (non-hydrogen) atoms. The second kappa shape index (κ2) is 5.34. The quantitative estimate of drug-likeness (QED) is 0.759. The van der Waals surface area contributed by atoms with Crippen molar-refractivity contribution in [3.8, 4) is 0 Å². The van der Waals surface area contributed by atoms with Crippen LogP contribution in [-0.2, 0) is 23.0 Å². The number of aryl methyl sites for hydroxylation is 1. The molecule has 0 N–H and O–H groups in total. The number of cyclic esters (lactones) is 1. The summed E-state index contributed by atoms with van der Waals surface area (Å²) in [5, 5.41) is 0. The zero-order valence-electron chi connectivity index (χ0n) is 9.55. The second-order valence-electron chi connectivity index (χ2n) is 4.10. The first-order valence-corrected chi connectivity index (χ1v) is 5.34. The Morgan fingerprint density at radius 1 is 1.62 bits per heavy atom. The lowest BCUT2D eigenvalue weighted by Gasteiger charge is -2.12. The van der Waals surface area contributed by atoms with Crippen molar-refractivity contribution in [2.75, 3.05) is 6.61 Å². The monoisotopic (exact) mass is 244 g/mol. The van der Waals surface area contributed by atoms with E-state index in [4.69, 9.17) is 4.74 Å². The maximum absolute atomic E-state index is 11.4. The topological polar surface area (TPSA) is 44.1 Å². The van der Waals surface area contributed by atoms with E-state index >= 15 is 0 Å². The Hall–Kier alpha value is -1.03. The number of imidazole rings is 1. The van der Waals surface area contributed by atoms with Crippen LogP contribution < -0.4 is 0 Å². The van der Waals surface area contributed by atoms with E-state index in [0.717, 1.165) is 18.5 Å². The van der Waals surface area contributed by atoms with Gasteiger partial charge >= 0.3 is 5.97 Å². The van der Waals surface area contributed by atoms with E-state index in [-0.39, 0.29) is 24.3 Å². The molecule has 5 heteroatoms. The fourth-order valence-electron chi connectivity index (χ4n) is 2.16. The van der Waals surface area contributed by atoms with Crippen molar-refractivity contribution in [3.05, 3.63) is 18.2 Å². The summed E-state index contributed by atoms with van der Waals surface area (Å²) in [4.78, 5) is 15.5. The van der Waals surface area contributed by atoms with Gasteiger partial charge in [-0.1, -0.05) is 6.92 Å². The van der Waals surface area contributed by atoms with E-state index in [1.165, 1.54) is 0 Å². The average molecular weight is 245 g/mol. The minimum absolute atomic E-state index is 0. The molecular weight excluding hydrogens is 228 g/mol. The number of aromatic nitrogens is 2. The molecule has 1 aromatic heterocycles. The number of rotatable bonds is 3. The maximum atomic E-state index is 11.4. The number of halogens is 1. The smallest absolute Gasteiger partial charge is 0.309 e. The molecule has 0 saturated carbocycles. The van der Waals surface area contributed by atoms with Crippen LogP contribution in [-0.4, -0.2) is 22.1 Å². The lowest BCUT2D eigenvalue weighted by Crippen LogP contribution is -2.18. The minimum atomic E-state index is -0.0373. The Morgan fingerprint density at radius 2 is 2.38 bits per heavy atom. The lowest BCUT2D eigenvalue weighted by molar-refractivity contribution is -0.141. The van der Waals surface area contributed by atoms with Crippen LogP contribution in [0.4, 0.5) is 0 Å². The number of hydrogen-bond acceptors (Lipinski definition) is 3. The molecule has 0 aliphatic carbocycles. The van der Waals surface area contributed by atoms with E-state index in [1.807, 2.05) is 24.7 Å². The van der Waals surface area contributed by atoms with Gasteiger partial charge in [-0.05, 0) is 12.8 Å². The molecule has 2 heterocycles. The van der Waals surface area contributed by atoms with Gasteiger partial charge in [-0.3, -0.25) is 4.79 Å². The number of carbonyl (C=O) groups excluding carboxylic acids is 1. The number of nitrogens with zero attached hydrogens (tertiary/aromatic N) is 2. The molecule has 1 aliphatic rings. The summed E-state index contributed by atoms with van der Waals surface area (Å²) in [5.74, 6) is 0.350. The van der Waals surface area contributed by atoms with Crippen molar-refractivity contribution in [2.45, 2.75) is 19.8 Å². The first-order chi connectivity index (χ1) is 7.22. The number of hydrogen-bond donors (Lipinski definition) is 0. The van der Waals surface area contributed by atoms with Gasteiger partial charge in [0.1, 0.15) is 0 Å².